The van der Waals surface area contributed by atoms with Crippen LogP contribution in [0.3, 0.4) is 0 Å². The smallest absolute Gasteiger partial charge is 0.407 e. The highest BCUT2D eigenvalue weighted by atomic mass is 16.6. The largest absolute Gasteiger partial charge is 0.497 e. The summed E-state index contributed by atoms with van der Waals surface area (Å²) in [4.78, 5) is 39.5. The van der Waals surface area contributed by atoms with Gasteiger partial charge in [-0.1, -0.05) is 24.3 Å². The molecule has 10 heteroatoms. The standard InChI is InChI=1S/C31H34N2O8/c1-31(2,3)41-30(36)32-14-15-33-28(34)24-16-26(39-18-20-6-10-22(37-4)11-7-20)27(17-25(24)29(33)35)40-19-21-8-12-23(38-5)13-9-21/h6-13,16-17H,14-15,18-19H2,1-5H3,(H,32,36). The highest BCUT2D eigenvalue weighted by Gasteiger charge is 2.37. The molecule has 41 heavy (non-hydrogen) atoms. The minimum Gasteiger partial charge on any atom is -0.497 e. The molecule has 0 atom stereocenters. The Bertz CT molecular complexity index is 1300. The monoisotopic (exact) mass is 562 g/mol. The van der Waals surface area contributed by atoms with Crippen LogP contribution >= 0.6 is 0 Å². The van der Waals surface area contributed by atoms with Crippen LogP contribution in [-0.2, 0) is 18.0 Å². The Balaban J connectivity index is 1.52. The zero-order valence-electron chi connectivity index (χ0n) is 23.8. The third-order valence-electron chi connectivity index (χ3n) is 6.15. The second kappa shape index (κ2) is 12.6. The van der Waals surface area contributed by atoms with Crippen molar-refractivity contribution in [2.24, 2.45) is 0 Å². The second-order valence-corrected chi connectivity index (χ2v) is 10.3. The lowest BCUT2D eigenvalue weighted by atomic mass is 10.1. The van der Waals surface area contributed by atoms with E-state index in [-0.39, 0.29) is 37.4 Å². The summed E-state index contributed by atoms with van der Waals surface area (Å²) >= 11 is 0. The molecule has 0 fully saturated rings. The number of methoxy groups -OCH3 is 2. The van der Waals surface area contributed by atoms with Crippen LogP contribution in [0.2, 0.25) is 0 Å². The molecular formula is C31H34N2O8. The van der Waals surface area contributed by atoms with Crippen molar-refractivity contribution in [1.29, 1.82) is 0 Å². The van der Waals surface area contributed by atoms with E-state index in [1.807, 2.05) is 48.5 Å². The summed E-state index contributed by atoms with van der Waals surface area (Å²) in [5, 5.41) is 2.58. The van der Waals surface area contributed by atoms with Crippen molar-refractivity contribution < 1.29 is 38.1 Å². The summed E-state index contributed by atoms with van der Waals surface area (Å²) in [5.74, 6) is 1.13. The number of nitrogens with zero attached hydrogens (tertiary/aromatic N) is 1. The van der Waals surface area contributed by atoms with E-state index in [0.29, 0.717) is 11.5 Å². The second-order valence-electron chi connectivity index (χ2n) is 10.3. The molecule has 4 rings (SSSR count). The van der Waals surface area contributed by atoms with E-state index in [9.17, 15) is 14.4 Å². The number of hydrogen-bond donors (Lipinski definition) is 1. The molecule has 216 valence electrons. The fourth-order valence-corrected chi connectivity index (χ4v) is 4.08. The zero-order chi connectivity index (χ0) is 29.6. The Hall–Kier alpha value is -4.73. The third kappa shape index (κ3) is 7.47. The van der Waals surface area contributed by atoms with Gasteiger partial charge in [0.15, 0.2) is 11.5 Å². The molecule has 0 aromatic heterocycles. The minimum absolute atomic E-state index is 0.0182. The van der Waals surface area contributed by atoms with E-state index in [1.165, 1.54) is 12.1 Å². The molecule has 3 amide bonds. The van der Waals surface area contributed by atoms with Gasteiger partial charge in [-0.2, -0.15) is 0 Å². The topological polar surface area (TPSA) is 113 Å². The molecule has 0 saturated carbocycles. The van der Waals surface area contributed by atoms with Gasteiger partial charge in [0.2, 0.25) is 0 Å². The molecule has 10 nitrogen and oxygen atoms in total. The summed E-state index contributed by atoms with van der Waals surface area (Å²) < 4.78 is 27.8. The summed E-state index contributed by atoms with van der Waals surface area (Å²) in [6.07, 6.45) is -0.627. The molecule has 1 heterocycles. The van der Waals surface area contributed by atoms with Gasteiger partial charge in [0.25, 0.3) is 11.8 Å². The maximum Gasteiger partial charge on any atom is 0.407 e. The molecule has 0 aliphatic carbocycles. The first-order chi connectivity index (χ1) is 19.6. The van der Waals surface area contributed by atoms with E-state index >= 15 is 0 Å². The Morgan fingerprint density at radius 1 is 0.756 bits per heavy atom. The number of hydrogen-bond acceptors (Lipinski definition) is 8. The molecule has 3 aromatic carbocycles. The summed E-state index contributed by atoms with van der Waals surface area (Å²) in [7, 11) is 3.19. The van der Waals surface area contributed by atoms with Gasteiger partial charge in [0.05, 0.1) is 25.3 Å². The number of ether oxygens (including phenoxy) is 5. The van der Waals surface area contributed by atoms with Crippen LogP contribution in [0.1, 0.15) is 52.6 Å². The minimum atomic E-state index is -0.663. The van der Waals surface area contributed by atoms with Crippen LogP contribution in [0, 0.1) is 0 Å². The first-order valence-electron chi connectivity index (χ1n) is 13.1. The lowest BCUT2D eigenvalue weighted by molar-refractivity contribution is 0.0504. The third-order valence-corrected chi connectivity index (χ3v) is 6.15. The van der Waals surface area contributed by atoms with Crippen molar-refractivity contribution in [3.05, 3.63) is 82.9 Å². The quantitative estimate of drug-likeness (QED) is 0.326. The normalized spacial score (nSPS) is 12.6. The van der Waals surface area contributed by atoms with Crippen LogP contribution in [0.25, 0.3) is 0 Å². The van der Waals surface area contributed by atoms with Crippen LogP contribution in [0.5, 0.6) is 23.0 Å². The number of alkyl carbamates (subject to hydrolysis) is 1. The van der Waals surface area contributed by atoms with Gasteiger partial charge in [-0.05, 0) is 68.3 Å². The number of amides is 3. The maximum atomic E-state index is 13.2. The van der Waals surface area contributed by atoms with Crippen molar-refractivity contribution in [3.63, 3.8) is 0 Å². The van der Waals surface area contributed by atoms with Crippen LogP contribution in [0.15, 0.2) is 60.7 Å². The van der Waals surface area contributed by atoms with Gasteiger partial charge < -0.3 is 29.0 Å². The Morgan fingerprint density at radius 3 is 1.59 bits per heavy atom. The van der Waals surface area contributed by atoms with E-state index < -0.39 is 23.5 Å². The molecule has 3 aromatic rings. The van der Waals surface area contributed by atoms with E-state index in [2.05, 4.69) is 5.32 Å². The summed E-state index contributed by atoms with van der Waals surface area (Å²) in [5.41, 5.74) is 1.50. The van der Waals surface area contributed by atoms with E-state index in [1.54, 1.807) is 35.0 Å². The molecule has 0 unspecified atom stereocenters. The predicted molar refractivity (Wildman–Crippen MR) is 151 cm³/mol. The Kier molecular flexibility index (Phi) is 9.01. The number of nitrogens with one attached hydrogen (secondary N) is 1. The first kappa shape index (κ1) is 29.3. The number of carbonyl (C=O) groups excluding carboxylic acids is 3. The molecule has 0 bridgehead atoms. The average molecular weight is 563 g/mol. The van der Waals surface area contributed by atoms with Crippen molar-refractivity contribution in [3.8, 4) is 23.0 Å². The van der Waals surface area contributed by atoms with E-state index in [4.69, 9.17) is 23.7 Å². The number of rotatable bonds is 11. The van der Waals surface area contributed by atoms with Crippen molar-refractivity contribution >= 4 is 17.9 Å². The van der Waals surface area contributed by atoms with Gasteiger partial charge in [-0.15, -0.1) is 0 Å². The van der Waals surface area contributed by atoms with Gasteiger partial charge >= 0.3 is 6.09 Å². The molecule has 1 N–H and O–H groups in total. The molecule has 0 saturated heterocycles. The predicted octanol–water partition coefficient (Wildman–Crippen LogP) is 4.98. The van der Waals surface area contributed by atoms with Gasteiger partial charge in [-0.25, -0.2) is 4.79 Å². The fraction of sp³-hybridized carbons (Fsp3) is 0.323. The van der Waals surface area contributed by atoms with Crippen molar-refractivity contribution in [2.45, 2.75) is 39.6 Å². The molecule has 1 aliphatic rings. The maximum absolute atomic E-state index is 13.2. The number of imide groups is 1. The number of carbonyl (C=O) groups is 3. The molecule has 0 spiro atoms. The SMILES string of the molecule is COc1ccc(COc2cc3c(cc2OCc2ccc(OC)cc2)C(=O)N(CCNC(=O)OC(C)(C)C)C3=O)cc1. The fourth-order valence-electron chi connectivity index (χ4n) is 4.08. The molecule has 1 aliphatic heterocycles. The Labute approximate surface area is 239 Å². The lowest BCUT2D eigenvalue weighted by Gasteiger charge is -2.20. The lowest BCUT2D eigenvalue weighted by Crippen LogP contribution is -2.40. The van der Waals surface area contributed by atoms with Crippen LogP contribution in [0.4, 0.5) is 4.79 Å². The van der Waals surface area contributed by atoms with Gasteiger partial charge in [0, 0.05) is 13.1 Å². The van der Waals surface area contributed by atoms with E-state index in [0.717, 1.165) is 27.5 Å². The number of benzene rings is 3. The van der Waals surface area contributed by atoms with Crippen LogP contribution < -0.4 is 24.3 Å². The van der Waals surface area contributed by atoms with Crippen molar-refractivity contribution in [1.82, 2.24) is 10.2 Å². The average Bonchev–Trinajstić information content (AvgIpc) is 3.18. The zero-order valence-corrected chi connectivity index (χ0v) is 23.8. The Morgan fingerprint density at radius 2 is 1.20 bits per heavy atom. The summed E-state index contributed by atoms with van der Waals surface area (Å²) in [6.45, 7) is 5.68. The van der Waals surface area contributed by atoms with Gasteiger partial charge in [-0.3, -0.25) is 14.5 Å². The van der Waals surface area contributed by atoms with Crippen LogP contribution in [-0.4, -0.2) is 55.7 Å². The molecule has 0 radical (unpaired) electrons. The highest BCUT2D eigenvalue weighted by molar-refractivity contribution is 6.21. The molecular weight excluding hydrogens is 528 g/mol. The summed E-state index contributed by atoms with van der Waals surface area (Å²) in [6, 6.07) is 17.9. The van der Waals surface area contributed by atoms with Crippen molar-refractivity contribution in [2.75, 3.05) is 27.3 Å². The highest BCUT2D eigenvalue weighted by Crippen LogP contribution is 2.36. The number of fused-ring (bicyclic) bond motifs is 1. The first-order valence-corrected chi connectivity index (χ1v) is 13.1. The van der Waals surface area contributed by atoms with Gasteiger partial charge in [0.1, 0.15) is 30.3 Å².